The van der Waals surface area contributed by atoms with Gasteiger partial charge in [-0.05, 0) is 110 Å². The van der Waals surface area contributed by atoms with Crippen LogP contribution in [-0.2, 0) is 52.6 Å². The van der Waals surface area contributed by atoms with Gasteiger partial charge in [0.2, 0.25) is 53.4 Å². The van der Waals surface area contributed by atoms with Crippen LogP contribution >= 0.6 is 36.7 Å². The van der Waals surface area contributed by atoms with Gasteiger partial charge in [-0.2, -0.15) is 13.5 Å². The van der Waals surface area contributed by atoms with E-state index in [1.54, 1.807) is 0 Å². The van der Waals surface area contributed by atoms with Gasteiger partial charge in [0.1, 0.15) is 89.5 Å². The van der Waals surface area contributed by atoms with Gasteiger partial charge in [-0.25, -0.2) is 4.79 Å². The number of phenolic OH excluding ortho intramolecular Hbond substituents is 3. The predicted molar refractivity (Wildman–Crippen MR) is 360 cm³/mol. The number of carboxylic acids is 1. The zero-order chi connectivity index (χ0) is 73.5. The lowest BCUT2D eigenvalue weighted by Gasteiger charge is -2.47. The van der Waals surface area contributed by atoms with Crippen LogP contribution in [0, 0.1) is 5.92 Å². The van der Waals surface area contributed by atoms with Crippen molar-refractivity contribution in [3.8, 4) is 57.1 Å². The van der Waals surface area contributed by atoms with E-state index in [0.29, 0.717) is 0 Å². The Kier molecular flexibility index (Phi) is 23.8. The number of likely N-dealkylation sites (N-methyl/N-ethyl adjacent to an activating group) is 1. The highest BCUT2D eigenvalue weighted by molar-refractivity contribution is 7.59. The Morgan fingerprint density at radius 1 is 0.716 bits per heavy atom. The SMILES string of the molecule is CN[C@H](CC(C)C)C(=O)N[C@H]1C(=O)N[C@@H](CC(N)=O)C(=O)N[C@H]2C(=O)N[C@H]3C(=O)N[C@H](C(=O)N[C@@H](C(=O)O)c4cc(O)cc(O)c4-c4cc3ccc4O)[C@H](O)c3ccc(c(Cl)c3)Oc3cc2cc(c3O[C@@H]2O[C@H](CO)[C@@H](O)[C@H](O)[C@H]2O[C@H]2C[C@](C)(N)C(O)[C@H](C)O2)Oc2ccc(cc2Cl)[C@H]1O.S. The Labute approximate surface area is 597 Å². The average Bonchev–Trinajstić information content (AvgIpc) is 0.773. The van der Waals surface area contributed by atoms with Crippen molar-refractivity contribution in [1.82, 2.24) is 37.2 Å². The lowest BCUT2D eigenvalue weighted by molar-refractivity contribution is -0.333. The molecule has 0 saturated carbocycles. The van der Waals surface area contributed by atoms with Crippen LogP contribution in [0.3, 0.4) is 0 Å². The summed E-state index contributed by atoms with van der Waals surface area (Å²) < 4.78 is 38.3. The second-order valence-corrected chi connectivity index (χ2v) is 26.5. The van der Waals surface area contributed by atoms with E-state index in [1.807, 2.05) is 13.8 Å². The van der Waals surface area contributed by atoms with Crippen LogP contribution in [0.2, 0.25) is 10.0 Å². The molecule has 12 rings (SSSR count). The number of primary amides is 1. The van der Waals surface area contributed by atoms with E-state index >= 15 is 14.4 Å². The third-order valence-electron chi connectivity index (χ3n) is 17.8. The summed E-state index contributed by atoms with van der Waals surface area (Å²) in [6, 6.07) is -0.679. The van der Waals surface area contributed by atoms with Gasteiger partial charge in [0.05, 0.1) is 41.3 Å². The zero-order valence-electron chi connectivity index (χ0n) is 54.8. The van der Waals surface area contributed by atoms with Crippen LogP contribution in [0.15, 0.2) is 78.9 Å². The van der Waals surface area contributed by atoms with Crippen LogP contribution in [0.25, 0.3) is 11.1 Å². The number of aliphatic carboxylic acids is 1. The van der Waals surface area contributed by atoms with E-state index in [9.17, 15) is 75.0 Å². The number of nitrogens with one attached hydrogen (secondary N) is 7. The Bertz CT molecular complexity index is 4080. The van der Waals surface area contributed by atoms with Gasteiger partial charge < -0.3 is 128 Å². The summed E-state index contributed by atoms with van der Waals surface area (Å²) in [7, 11) is 1.47. The highest BCUT2D eigenvalue weighted by Gasteiger charge is 2.51. The van der Waals surface area contributed by atoms with E-state index < -0.39 is 237 Å². The number of fused-ring (bicyclic) bond motifs is 15. The van der Waals surface area contributed by atoms with Crippen molar-refractivity contribution in [3.05, 3.63) is 117 Å². The minimum Gasteiger partial charge on any atom is -0.508 e. The molecule has 1 unspecified atom stereocenters. The summed E-state index contributed by atoms with van der Waals surface area (Å²) in [5.74, 6) is -16.0. The average molecular weight is 1480 g/mol. The minimum absolute atomic E-state index is 0. The molecule has 0 radical (unpaired) electrons. The number of ether oxygens (including phenoxy) is 6. The fourth-order valence-electron chi connectivity index (χ4n) is 12.5. The number of carbonyl (C=O) groups is 8. The summed E-state index contributed by atoms with van der Waals surface area (Å²) in [6.45, 7) is 5.66. The molecule has 2 saturated heterocycles. The lowest BCUT2D eigenvalue weighted by Crippen LogP contribution is -2.64. The second kappa shape index (κ2) is 31.4. The first kappa shape index (κ1) is 77.3. The Morgan fingerprint density at radius 2 is 1.31 bits per heavy atom. The maximum Gasteiger partial charge on any atom is 0.330 e. The normalized spacial score (nSPS) is 29.1. The molecule has 7 aliphatic heterocycles. The summed E-state index contributed by atoms with van der Waals surface area (Å²) in [5.41, 5.74) is 8.00. The molecule has 0 aromatic heterocycles. The van der Waals surface area contributed by atoms with Crippen molar-refractivity contribution in [2.24, 2.45) is 17.4 Å². The maximum absolute atomic E-state index is 16.0. The summed E-state index contributed by atoms with van der Waals surface area (Å²) in [5, 5.41) is 131. The molecule has 0 aliphatic carbocycles. The van der Waals surface area contributed by atoms with Crippen molar-refractivity contribution in [1.29, 1.82) is 0 Å². The topological polar surface area (TPSA) is 530 Å². The predicted octanol–water partition coefficient (Wildman–Crippen LogP) is 0.219. The number of carbonyl (C=O) groups excluding carboxylic acids is 7. The third kappa shape index (κ3) is 16.3. The fraction of sp³-hybridized carbons (Fsp3) is 0.424. The molecule has 11 bridgehead atoms. The quantitative estimate of drug-likeness (QED) is 0.0749. The molecule has 5 aromatic carbocycles. The van der Waals surface area contributed by atoms with E-state index in [4.69, 9.17) is 63.1 Å². The third-order valence-corrected chi connectivity index (χ3v) is 18.4. The number of carboxylic acid groups (broad SMARTS) is 1. The van der Waals surface area contributed by atoms with Crippen LogP contribution < -0.4 is 62.9 Å². The summed E-state index contributed by atoms with van der Waals surface area (Å²) >= 11 is 14.1. The number of aliphatic hydroxyl groups is 6. The number of halogens is 2. The summed E-state index contributed by atoms with van der Waals surface area (Å²) in [4.78, 5) is 117. The lowest BCUT2D eigenvalue weighted by atomic mass is 9.86. The Balaban J connectivity index is 0.0000121. The molecular weight excluding hydrogens is 1410 g/mol. The molecule has 7 amide bonds. The largest absolute Gasteiger partial charge is 0.508 e. The fourth-order valence-corrected chi connectivity index (χ4v) is 12.9. The molecule has 102 heavy (non-hydrogen) atoms. The Morgan fingerprint density at radius 3 is 1.89 bits per heavy atom. The maximum atomic E-state index is 16.0. The van der Waals surface area contributed by atoms with Crippen LogP contribution in [0.1, 0.15) is 105 Å². The van der Waals surface area contributed by atoms with Gasteiger partial charge >= 0.3 is 5.97 Å². The molecule has 0 spiro atoms. The number of aliphatic hydroxyl groups excluding tert-OH is 6. The number of hydrogen-bond acceptors (Lipinski definition) is 25. The molecule has 7 heterocycles. The van der Waals surface area contributed by atoms with E-state index in [2.05, 4.69) is 37.2 Å². The second-order valence-electron chi connectivity index (χ2n) is 25.7. The van der Waals surface area contributed by atoms with Crippen LogP contribution in [0.4, 0.5) is 0 Å². The number of rotatable bonds is 13. The van der Waals surface area contributed by atoms with Gasteiger partial charge in [0.15, 0.2) is 29.9 Å². The molecule has 7 aliphatic rings. The first-order valence-corrected chi connectivity index (χ1v) is 32.4. The zero-order valence-corrected chi connectivity index (χ0v) is 57.3. The van der Waals surface area contributed by atoms with Gasteiger partial charge in [-0.1, -0.05) is 55.2 Å². The van der Waals surface area contributed by atoms with Crippen molar-refractivity contribution in [2.45, 2.75) is 156 Å². The number of amides is 7. The van der Waals surface area contributed by atoms with Crippen LogP contribution in [-0.4, -0.2) is 191 Å². The first-order chi connectivity index (χ1) is 47.7. The molecule has 18 atom stereocenters. The highest BCUT2D eigenvalue weighted by Crippen LogP contribution is 2.50. The molecule has 5 aromatic rings. The van der Waals surface area contributed by atoms with Crippen molar-refractivity contribution >= 4 is 84.0 Å². The van der Waals surface area contributed by atoms with Gasteiger partial charge in [-0.3, -0.25) is 33.6 Å². The van der Waals surface area contributed by atoms with Crippen molar-refractivity contribution < 1.29 is 118 Å². The first-order valence-electron chi connectivity index (χ1n) is 31.6. The minimum atomic E-state index is -2.35. The molecule has 36 heteroatoms. The number of benzene rings is 5. The van der Waals surface area contributed by atoms with E-state index in [0.717, 1.165) is 66.7 Å². The van der Waals surface area contributed by atoms with Crippen molar-refractivity contribution in [3.63, 3.8) is 0 Å². The van der Waals surface area contributed by atoms with Gasteiger partial charge in [-0.15, -0.1) is 0 Å². The molecule has 21 N–H and O–H groups in total. The van der Waals surface area contributed by atoms with Crippen molar-refractivity contribution in [2.75, 3.05) is 13.7 Å². The van der Waals surface area contributed by atoms with E-state index in [1.165, 1.54) is 33.0 Å². The smallest absolute Gasteiger partial charge is 0.330 e. The number of hydrogen-bond donors (Lipinski definition) is 19. The van der Waals surface area contributed by atoms with Gasteiger partial charge in [0, 0.05) is 34.7 Å². The molecular formula is C66H77Cl2N9O24S. The van der Waals surface area contributed by atoms with Gasteiger partial charge in [0.25, 0.3) is 0 Å². The number of phenols is 3. The monoisotopic (exact) mass is 1480 g/mol. The van der Waals surface area contributed by atoms with E-state index in [-0.39, 0.29) is 59.7 Å². The van der Waals surface area contributed by atoms with Crippen LogP contribution in [0.5, 0.6) is 46.0 Å². The molecule has 2 fully saturated rings. The summed E-state index contributed by atoms with van der Waals surface area (Å²) in [6.07, 6.45) is -18.6. The Hall–Kier alpha value is -8.85. The number of aromatic hydroxyl groups is 3. The molecule has 33 nitrogen and oxygen atoms in total. The standard InChI is InChI=1S/C66H75Cl2N9O24.H2S/c1-23(2)12-34(71-5)58(88)76-49-51(83)26-7-10-38(32(67)14-26)97-40-16-28-17-41(55(40)101-65-56(54(86)53(85)42(22-78)99-65)100-44-21-66(4,70)57(87)24(3)96-44)98-39-11-8-27(15-33(39)68)52(84)50-63(93)75-48(64(94)95)31-18-29(79)19-37(81)45(31)30-13-25(6-9-36(30)80)46(60(90)77-50)74-61(91)47(28)73-59(89)35(20-43(69)82)72-62(49)92;/h6-11,13-19,23-24,34-35,42,44,46-54,56-57,65,71,78-81,83-87H,12,20-22,70H2,1-5H3,(H2,69,82)(H,72,92)(H,73,89)(H,74,91)(H,75,93)(H,76,88)(H,77,90)(H,94,95);1H2/t24-,34+,35-,42+,44-,46+,47+,48+,49+,50-,51+,52+,53+,54-,56+,57?,65-,66-;/m0./s1. The molecule has 550 valence electrons. The number of nitrogens with two attached hydrogens (primary N) is 2. The highest BCUT2D eigenvalue weighted by atomic mass is 35.5.